The predicted octanol–water partition coefficient (Wildman–Crippen LogP) is 2.05. The summed E-state index contributed by atoms with van der Waals surface area (Å²) in [5.41, 5.74) is 1.77. The number of hydrogen-bond donors (Lipinski definition) is 3. The van der Waals surface area contributed by atoms with Crippen molar-refractivity contribution >= 4 is 17.6 Å². The molecule has 0 saturated heterocycles. The van der Waals surface area contributed by atoms with Crippen molar-refractivity contribution in [1.82, 2.24) is 25.4 Å². The number of aliphatic imine (C=N–C) groups is 1. The lowest BCUT2D eigenvalue weighted by molar-refractivity contribution is 0.0996. The van der Waals surface area contributed by atoms with Gasteiger partial charge in [0.2, 0.25) is 0 Å². The van der Waals surface area contributed by atoms with Crippen LogP contribution in [0.5, 0.6) is 0 Å². The smallest absolute Gasteiger partial charge is 0.291 e. The third-order valence-electron chi connectivity index (χ3n) is 4.30. The quantitative estimate of drug-likeness (QED) is 0.398. The minimum absolute atomic E-state index is 0.273. The molecular weight excluding hydrogens is 370 g/mol. The Morgan fingerprint density at radius 3 is 2.72 bits per heavy atom. The van der Waals surface area contributed by atoms with Crippen LogP contribution in [-0.4, -0.2) is 40.2 Å². The largest absolute Gasteiger partial charge is 0.459 e. The Hall–Kier alpha value is -3.62. The molecule has 0 aliphatic rings. The van der Waals surface area contributed by atoms with Crippen molar-refractivity contribution < 1.29 is 9.21 Å². The Labute approximate surface area is 169 Å². The van der Waals surface area contributed by atoms with Gasteiger partial charge in [-0.15, -0.1) is 10.2 Å². The van der Waals surface area contributed by atoms with Crippen LogP contribution in [0.1, 0.15) is 28.9 Å². The van der Waals surface area contributed by atoms with Gasteiger partial charge in [0.15, 0.2) is 11.7 Å². The monoisotopic (exact) mass is 395 g/mol. The molecule has 152 valence electrons. The van der Waals surface area contributed by atoms with Gasteiger partial charge in [0.05, 0.1) is 6.26 Å². The van der Waals surface area contributed by atoms with E-state index in [1.54, 1.807) is 25.5 Å². The number of furan rings is 1. The van der Waals surface area contributed by atoms with E-state index in [0.29, 0.717) is 24.7 Å². The molecule has 0 saturated carbocycles. The number of nitrogens with zero attached hydrogens (tertiary/aromatic N) is 4. The third-order valence-corrected chi connectivity index (χ3v) is 4.30. The molecule has 3 aromatic rings. The van der Waals surface area contributed by atoms with Crippen molar-refractivity contribution in [2.24, 2.45) is 4.99 Å². The molecule has 9 heteroatoms. The van der Waals surface area contributed by atoms with E-state index in [9.17, 15) is 4.79 Å². The molecule has 0 radical (unpaired) electrons. The third kappa shape index (κ3) is 5.68. The van der Waals surface area contributed by atoms with Crippen LogP contribution in [0.4, 0.5) is 5.69 Å². The van der Waals surface area contributed by atoms with Gasteiger partial charge in [0.25, 0.3) is 5.91 Å². The predicted molar refractivity (Wildman–Crippen MR) is 111 cm³/mol. The van der Waals surface area contributed by atoms with Crippen LogP contribution in [0.2, 0.25) is 0 Å². The van der Waals surface area contributed by atoms with Gasteiger partial charge in [-0.1, -0.05) is 19.1 Å². The number of nitrogens with one attached hydrogen (secondary N) is 3. The average Bonchev–Trinajstić information content (AvgIpc) is 3.43. The summed E-state index contributed by atoms with van der Waals surface area (Å²) in [6, 6.07) is 10.9. The zero-order chi connectivity index (χ0) is 20.5. The second-order valence-electron chi connectivity index (χ2n) is 6.28. The second kappa shape index (κ2) is 10.1. The first kappa shape index (κ1) is 20.1. The summed E-state index contributed by atoms with van der Waals surface area (Å²) >= 11 is 0. The van der Waals surface area contributed by atoms with Crippen molar-refractivity contribution in [3.63, 3.8) is 0 Å². The molecule has 0 aliphatic heterocycles. The van der Waals surface area contributed by atoms with Gasteiger partial charge in [0, 0.05) is 38.8 Å². The maximum atomic E-state index is 12.0. The molecule has 0 aliphatic carbocycles. The molecule has 29 heavy (non-hydrogen) atoms. The fourth-order valence-electron chi connectivity index (χ4n) is 2.75. The van der Waals surface area contributed by atoms with Crippen LogP contribution < -0.4 is 16.0 Å². The van der Waals surface area contributed by atoms with Crippen LogP contribution in [0, 0.1) is 0 Å². The van der Waals surface area contributed by atoms with E-state index < -0.39 is 0 Å². The Morgan fingerprint density at radius 2 is 2.03 bits per heavy atom. The Morgan fingerprint density at radius 1 is 1.21 bits per heavy atom. The number of carbonyl (C=O) groups excluding carboxylic acids is 1. The standard InChI is InChI=1S/C20H25N7O2/c1-3-18-26-24-14-27(18)11-10-22-20(21-2)23-13-15-6-8-16(9-7-15)25-19(28)17-5-4-12-29-17/h4-9,12,14H,3,10-11,13H2,1-2H3,(H,25,28)(H2,21,22,23). The molecule has 2 aromatic heterocycles. The van der Waals surface area contributed by atoms with E-state index in [4.69, 9.17) is 4.42 Å². The summed E-state index contributed by atoms with van der Waals surface area (Å²) < 4.78 is 7.11. The van der Waals surface area contributed by atoms with Crippen LogP contribution in [0.15, 0.2) is 58.4 Å². The Balaban J connectivity index is 1.44. The molecule has 9 nitrogen and oxygen atoms in total. The van der Waals surface area contributed by atoms with E-state index in [2.05, 4.69) is 38.1 Å². The van der Waals surface area contributed by atoms with E-state index in [-0.39, 0.29) is 11.7 Å². The van der Waals surface area contributed by atoms with Gasteiger partial charge in [-0.25, -0.2) is 0 Å². The maximum absolute atomic E-state index is 12.0. The van der Waals surface area contributed by atoms with Gasteiger partial charge in [0.1, 0.15) is 12.2 Å². The normalized spacial score (nSPS) is 11.3. The average molecular weight is 395 g/mol. The van der Waals surface area contributed by atoms with E-state index in [1.807, 2.05) is 28.8 Å². The van der Waals surface area contributed by atoms with Crippen LogP contribution in [0.3, 0.4) is 0 Å². The zero-order valence-electron chi connectivity index (χ0n) is 16.6. The van der Waals surface area contributed by atoms with Gasteiger partial charge >= 0.3 is 0 Å². The topological polar surface area (TPSA) is 109 Å². The molecule has 1 amide bonds. The maximum Gasteiger partial charge on any atom is 0.291 e. The van der Waals surface area contributed by atoms with E-state index in [0.717, 1.165) is 24.4 Å². The molecule has 0 unspecified atom stereocenters. The van der Waals surface area contributed by atoms with Crippen LogP contribution in [0.25, 0.3) is 0 Å². The molecule has 0 atom stereocenters. The summed E-state index contributed by atoms with van der Waals surface area (Å²) in [7, 11) is 1.73. The van der Waals surface area contributed by atoms with Crippen LogP contribution in [-0.2, 0) is 19.5 Å². The van der Waals surface area contributed by atoms with Gasteiger partial charge in [-0.05, 0) is 29.8 Å². The summed E-state index contributed by atoms with van der Waals surface area (Å²) in [5, 5.41) is 17.4. The highest BCUT2D eigenvalue weighted by Crippen LogP contribution is 2.11. The van der Waals surface area contributed by atoms with Crippen molar-refractivity contribution in [3.8, 4) is 0 Å². The number of aromatic nitrogens is 3. The molecular formula is C20H25N7O2. The lowest BCUT2D eigenvalue weighted by Gasteiger charge is -2.13. The highest BCUT2D eigenvalue weighted by atomic mass is 16.3. The lowest BCUT2D eigenvalue weighted by Crippen LogP contribution is -2.38. The molecule has 0 spiro atoms. The SMILES string of the molecule is CCc1nncn1CCNC(=NC)NCc1ccc(NC(=O)c2ccco2)cc1. The number of carbonyl (C=O) groups is 1. The molecule has 2 heterocycles. The number of aryl methyl sites for hydroxylation is 1. The minimum atomic E-state index is -0.273. The lowest BCUT2D eigenvalue weighted by atomic mass is 10.2. The fourth-order valence-corrected chi connectivity index (χ4v) is 2.75. The summed E-state index contributed by atoms with van der Waals surface area (Å²) in [6.07, 6.45) is 4.06. The molecule has 0 fully saturated rings. The Bertz CT molecular complexity index is 930. The first-order valence-electron chi connectivity index (χ1n) is 9.44. The Kier molecular flexibility index (Phi) is 6.99. The van der Waals surface area contributed by atoms with Crippen LogP contribution >= 0.6 is 0 Å². The second-order valence-corrected chi connectivity index (χ2v) is 6.28. The number of amides is 1. The number of hydrogen-bond acceptors (Lipinski definition) is 5. The summed E-state index contributed by atoms with van der Waals surface area (Å²) in [5.74, 6) is 1.69. The highest BCUT2D eigenvalue weighted by molar-refractivity contribution is 6.02. The number of guanidine groups is 1. The van der Waals surface area contributed by atoms with Crippen molar-refractivity contribution in [2.45, 2.75) is 26.4 Å². The first-order chi connectivity index (χ1) is 14.2. The summed E-state index contributed by atoms with van der Waals surface area (Å²) in [4.78, 5) is 16.2. The number of benzene rings is 1. The van der Waals surface area contributed by atoms with Gasteiger partial charge in [-0.2, -0.15) is 0 Å². The molecule has 1 aromatic carbocycles. The highest BCUT2D eigenvalue weighted by Gasteiger charge is 2.08. The molecule has 0 bridgehead atoms. The van der Waals surface area contributed by atoms with Gasteiger partial charge < -0.3 is 24.9 Å². The summed E-state index contributed by atoms with van der Waals surface area (Å²) in [6.45, 7) is 4.14. The van der Waals surface area contributed by atoms with Crippen molar-refractivity contribution in [1.29, 1.82) is 0 Å². The first-order valence-corrected chi connectivity index (χ1v) is 9.44. The number of rotatable bonds is 8. The fraction of sp³-hybridized carbons (Fsp3) is 0.300. The van der Waals surface area contributed by atoms with Gasteiger partial charge in [-0.3, -0.25) is 9.79 Å². The minimum Gasteiger partial charge on any atom is -0.459 e. The number of anilines is 1. The van der Waals surface area contributed by atoms with Crippen molar-refractivity contribution in [2.75, 3.05) is 18.9 Å². The molecule has 3 N–H and O–H groups in total. The zero-order valence-corrected chi connectivity index (χ0v) is 16.6. The van der Waals surface area contributed by atoms with Crippen molar-refractivity contribution in [3.05, 3.63) is 66.1 Å². The van der Waals surface area contributed by atoms with E-state index in [1.165, 1.54) is 6.26 Å². The molecule has 3 rings (SSSR count). The van der Waals surface area contributed by atoms with E-state index >= 15 is 0 Å².